The van der Waals surface area contributed by atoms with E-state index in [0.29, 0.717) is 5.75 Å². The highest BCUT2D eigenvalue weighted by Gasteiger charge is 2.08. The number of carbonyl (C=O) groups is 1. The van der Waals surface area contributed by atoms with E-state index in [4.69, 9.17) is 0 Å². The van der Waals surface area contributed by atoms with Crippen molar-refractivity contribution in [2.75, 3.05) is 5.75 Å². The van der Waals surface area contributed by atoms with Crippen molar-refractivity contribution in [3.05, 3.63) is 58.7 Å². The quantitative estimate of drug-likeness (QED) is 0.641. The van der Waals surface area contributed by atoms with E-state index < -0.39 is 0 Å². The fourth-order valence-electron chi connectivity index (χ4n) is 1.33. The first-order valence-corrected chi connectivity index (χ1v) is 6.92. The van der Waals surface area contributed by atoms with Crippen molar-refractivity contribution in [2.24, 2.45) is 0 Å². The molecule has 0 bridgehead atoms. The Morgan fingerprint density at radius 3 is 2.59 bits per heavy atom. The fraction of sp³-hybridized carbons (Fsp3) is 0.0769. The first kappa shape index (κ1) is 12.3. The molecule has 0 saturated carbocycles. The van der Waals surface area contributed by atoms with Crippen LogP contribution in [-0.2, 0) is 0 Å². The summed E-state index contributed by atoms with van der Waals surface area (Å²) >= 11 is 4.86. The topological polar surface area (TPSA) is 31.2 Å². The molecule has 1 aromatic heterocycles. The van der Waals surface area contributed by atoms with Gasteiger partial charge in [-0.05, 0) is 30.0 Å². The van der Waals surface area contributed by atoms with Crippen molar-refractivity contribution in [2.45, 2.75) is 5.03 Å². The second kappa shape index (κ2) is 5.98. The van der Waals surface area contributed by atoms with E-state index >= 15 is 0 Å². The largest absolute Gasteiger partial charge is 0.293 e. The smallest absolute Gasteiger partial charge is 0.238 e. The Bertz CT molecular complexity index is 499. The van der Waals surface area contributed by atoms with Gasteiger partial charge in [-0.25, -0.2) is 4.98 Å². The number of aromatic nitrogens is 1. The Morgan fingerprint density at radius 1 is 1.18 bits per heavy atom. The number of benzene rings is 1. The summed E-state index contributed by atoms with van der Waals surface area (Å²) in [6.45, 7) is 0. The molecular weight excluding hydrogens is 298 g/mol. The van der Waals surface area contributed by atoms with Crippen LogP contribution >= 0.6 is 27.7 Å². The van der Waals surface area contributed by atoms with Crippen LogP contribution < -0.4 is 4.98 Å². The van der Waals surface area contributed by atoms with Gasteiger partial charge < -0.3 is 0 Å². The summed E-state index contributed by atoms with van der Waals surface area (Å²) in [6, 6.07) is 13.3. The average Bonchev–Trinajstić information content (AvgIpc) is 2.38. The fourth-order valence-corrected chi connectivity index (χ4v) is 2.37. The van der Waals surface area contributed by atoms with E-state index in [-0.39, 0.29) is 5.78 Å². The summed E-state index contributed by atoms with van der Waals surface area (Å²) in [4.78, 5) is 15.0. The van der Waals surface area contributed by atoms with Crippen LogP contribution in [0.1, 0.15) is 10.4 Å². The third-order valence-corrected chi connectivity index (χ3v) is 3.71. The predicted octanol–water partition coefficient (Wildman–Crippen LogP) is 3.24. The summed E-state index contributed by atoms with van der Waals surface area (Å²) in [6.07, 6.45) is 1.85. The van der Waals surface area contributed by atoms with E-state index in [9.17, 15) is 4.79 Å². The van der Waals surface area contributed by atoms with Gasteiger partial charge in [-0.3, -0.25) is 4.79 Å². The predicted molar refractivity (Wildman–Crippen MR) is 72.2 cm³/mol. The molecule has 17 heavy (non-hydrogen) atoms. The van der Waals surface area contributed by atoms with Gasteiger partial charge in [0, 0.05) is 22.2 Å². The summed E-state index contributed by atoms with van der Waals surface area (Å²) in [5.74, 6) is 0.585. The van der Waals surface area contributed by atoms with Crippen molar-refractivity contribution >= 4 is 33.5 Å². The monoisotopic (exact) mass is 308 g/mol. The van der Waals surface area contributed by atoms with Gasteiger partial charge in [0.25, 0.3) is 0 Å². The minimum absolute atomic E-state index is 0.139. The van der Waals surface area contributed by atoms with Gasteiger partial charge in [-0.1, -0.05) is 28.1 Å². The highest BCUT2D eigenvalue weighted by Crippen LogP contribution is 2.16. The number of Topliss-reactive ketones (excluding diaryl/α,β-unsaturated/α-hetero) is 1. The Morgan fingerprint density at radius 2 is 1.94 bits per heavy atom. The average molecular weight is 309 g/mol. The molecule has 4 heteroatoms. The van der Waals surface area contributed by atoms with Crippen LogP contribution in [-0.4, -0.2) is 11.5 Å². The standard InChI is InChI=1S/C13H10BrNOS/c14-11-6-4-10(5-7-11)12(16)9-17-13-3-1-2-8-15-13/h1-8H,9H2/p+1. The Labute approximate surface area is 113 Å². The van der Waals surface area contributed by atoms with Crippen molar-refractivity contribution in [3.63, 3.8) is 0 Å². The zero-order chi connectivity index (χ0) is 12.1. The molecule has 1 N–H and O–H groups in total. The van der Waals surface area contributed by atoms with Crippen LogP contribution in [0.2, 0.25) is 0 Å². The lowest BCUT2D eigenvalue weighted by Crippen LogP contribution is -2.07. The molecule has 0 fully saturated rings. The summed E-state index contributed by atoms with van der Waals surface area (Å²) in [5, 5.41) is 0.998. The molecule has 0 aliphatic heterocycles. The third-order valence-electron chi connectivity index (χ3n) is 2.21. The maximum absolute atomic E-state index is 11.9. The maximum atomic E-state index is 11.9. The number of ketones is 1. The van der Waals surface area contributed by atoms with Gasteiger partial charge in [-0.15, -0.1) is 0 Å². The number of thioether (sulfide) groups is 1. The molecule has 1 heterocycles. The van der Waals surface area contributed by atoms with Crippen LogP contribution in [0.15, 0.2) is 58.2 Å². The van der Waals surface area contributed by atoms with Crippen LogP contribution in [0.5, 0.6) is 0 Å². The number of pyridine rings is 1. The molecule has 2 aromatic rings. The van der Waals surface area contributed by atoms with E-state index in [1.807, 2.05) is 48.7 Å². The third kappa shape index (κ3) is 3.68. The van der Waals surface area contributed by atoms with Gasteiger partial charge in [0.15, 0.2) is 12.0 Å². The zero-order valence-electron chi connectivity index (χ0n) is 9.02. The SMILES string of the molecule is O=C(CSc1cccc[nH+]1)c1ccc(Br)cc1. The molecule has 0 spiro atoms. The lowest BCUT2D eigenvalue weighted by atomic mass is 10.2. The molecule has 0 atom stereocenters. The minimum Gasteiger partial charge on any atom is -0.293 e. The van der Waals surface area contributed by atoms with Crippen molar-refractivity contribution in [1.82, 2.24) is 0 Å². The number of carbonyl (C=O) groups excluding carboxylic acids is 1. The summed E-state index contributed by atoms with van der Waals surface area (Å²) in [7, 11) is 0. The van der Waals surface area contributed by atoms with Crippen LogP contribution in [0, 0.1) is 0 Å². The number of nitrogens with one attached hydrogen (secondary N) is 1. The van der Waals surface area contributed by atoms with Crippen LogP contribution in [0.25, 0.3) is 0 Å². The zero-order valence-corrected chi connectivity index (χ0v) is 11.4. The molecule has 2 nitrogen and oxygen atoms in total. The molecule has 86 valence electrons. The number of aromatic amines is 1. The van der Waals surface area contributed by atoms with Gasteiger partial charge in [-0.2, -0.15) is 0 Å². The number of rotatable bonds is 4. The Balaban J connectivity index is 1.96. The van der Waals surface area contributed by atoms with E-state index in [0.717, 1.165) is 15.1 Å². The first-order chi connectivity index (χ1) is 8.25. The molecule has 1 aromatic carbocycles. The summed E-state index contributed by atoms with van der Waals surface area (Å²) < 4.78 is 0.984. The molecule has 0 amide bonds. The van der Waals surface area contributed by atoms with Crippen molar-refractivity contribution in [3.8, 4) is 0 Å². The molecule has 0 aliphatic carbocycles. The second-order valence-electron chi connectivity index (χ2n) is 3.45. The molecule has 0 radical (unpaired) electrons. The van der Waals surface area contributed by atoms with Gasteiger partial charge in [0.1, 0.15) is 0 Å². The lowest BCUT2D eigenvalue weighted by molar-refractivity contribution is -0.426. The van der Waals surface area contributed by atoms with E-state index in [1.165, 1.54) is 11.8 Å². The van der Waals surface area contributed by atoms with Crippen molar-refractivity contribution < 1.29 is 9.78 Å². The first-order valence-electron chi connectivity index (χ1n) is 5.14. The number of halogens is 1. The van der Waals surface area contributed by atoms with Crippen molar-refractivity contribution in [1.29, 1.82) is 0 Å². The highest BCUT2D eigenvalue weighted by molar-refractivity contribution is 9.10. The molecule has 0 saturated heterocycles. The molecule has 0 unspecified atom stereocenters. The van der Waals surface area contributed by atoms with E-state index in [2.05, 4.69) is 20.9 Å². The van der Waals surface area contributed by atoms with E-state index in [1.54, 1.807) is 0 Å². The number of hydrogen-bond donors (Lipinski definition) is 0. The Kier molecular flexibility index (Phi) is 4.34. The normalized spacial score (nSPS) is 10.2. The van der Waals surface area contributed by atoms with Gasteiger partial charge >= 0.3 is 0 Å². The molecular formula is C13H11BrNOS+. The number of H-pyrrole nitrogens is 1. The van der Waals surface area contributed by atoms with Crippen LogP contribution in [0.3, 0.4) is 0 Å². The Hall–Kier alpha value is -1.13. The second-order valence-corrected chi connectivity index (χ2v) is 5.38. The van der Waals surface area contributed by atoms with Gasteiger partial charge in [0.2, 0.25) is 5.03 Å². The molecule has 0 aliphatic rings. The number of hydrogen-bond acceptors (Lipinski definition) is 2. The summed E-state index contributed by atoms with van der Waals surface area (Å²) in [5.41, 5.74) is 0.747. The molecule has 2 rings (SSSR count). The van der Waals surface area contributed by atoms with Gasteiger partial charge in [0.05, 0.1) is 5.75 Å². The lowest BCUT2D eigenvalue weighted by Gasteiger charge is -1.99. The van der Waals surface area contributed by atoms with Crippen LogP contribution in [0.4, 0.5) is 0 Å². The maximum Gasteiger partial charge on any atom is 0.238 e. The highest BCUT2D eigenvalue weighted by atomic mass is 79.9. The minimum atomic E-state index is 0.139.